The van der Waals surface area contributed by atoms with Crippen molar-refractivity contribution in [1.29, 1.82) is 0 Å². The molecule has 0 spiro atoms. The van der Waals surface area contributed by atoms with Crippen LogP contribution in [0.1, 0.15) is 5.56 Å². The highest BCUT2D eigenvalue weighted by Crippen LogP contribution is 2.28. The van der Waals surface area contributed by atoms with Gasteiger partial charge < -0.3 is 9.47 Å². The largest absolute Gasteiger partial charge is 0.496 e. The molecule has 0 saturated carbocycles. The molecular formula is C22H18N2O2. The fraction of sp³-hybridized carbons (Fsp3) is 0.0909. The lowest BCUT2D eigenvalue weighted by molar-refractivity contribution is 0.289. The minimum atomic E-state index is 0.374. The maximum Gasteiger partial charge on any atom is 0.225 e. The molecule has 0 N–H and O–H groups in total. The molecule has 1 heterocycles. The van der Waals surface area contributed by atoms with E-state index < -0.39 is 0 Å². The average Bonchev–Trinajstić information content (AvgIpc) is 2.72. The SMILES string of the molecule is COc1ccccc1COc1nc(-c2ccccc2)nc2ccccc12. The molecule has 0 amide bonds. The first-order valence-corrected chi connectivity index (χ1v) is 8.42. The van der Waals surface area contributed by atoms with Crippen molar-refractivity contribution >= 4 is 10.9 Å². The van der Waals surface area contributed by atoms with Gasteiger partial charge in [-0.15, -0.1) is 0 Å². The number of hydrogen-bond donors (Lipinski definition) is 0. The monoisotopic (exact) mass is 342 g/mol. The molecule has 128 valence electrons. The van der Waals surface area contributed by atoms with E-state index in [1.54, 1.807) is 7.11 Å². The molecule has 0 aliphatic carbocycles. The van der Waals surface area contributed by atoms with Gasteiger partial charge in [-0.2, -0.15) is 4.98 Å². The third-order valence-electron chi connectivity index (χ3n) is 4.16. The van der Waals surface area contributed by atoms with E-state index in [9.17, 15) is 0 Å². The Morgan fingerprint density at radius 1 is 0.769 bits per heavy atom. The standard InChI is InChI=1S/C22H18N2O2/c1-25-20-14-8-5-11-17(20)15-26-22-18-12-6-7-13-19(18)23-21(24-22)16-9-3-2-4-10-16/h2-14H,15H2,1H3. The second-order valence-corrected chi connectivity index (χ2v) is 5.84. The topological polar surface area (TPSA) is 44.2 Å². The van der Waals surface area contributed by atoms with Gasteiger partial charge in [-0.05, 0) is 18.2 Å². The van der Waals surface area contributed by atoms with Gasteiger partial charge in [0, 0.05) is 11.1 Å². The molecule has 0 aliphatic heterocycles. The predicted molar refractivity (Wildman–Crippen MR) is 102 cm³/mol. The normalized spacial score (nSPS) is 10.7. The average molecular weight is 342 g/mol. The van der Waals surface area contributed by atoms with Crippen LogP contribution in [0.3, 0.4) is 0 Å². The van der Waals surface area contributed by atoms with Crippen molar-refractivity contribution < 1.29 is 9.47 Å². The third kappa shape index (κ3) is 3.22. The van der Waals surface area contributed by atoms with Gasteiger partial charge in [-0.3, -0.25) is 0 Å². The number of para-hydroxylation sites is 2. The van der Waals surface area contributed by atoms with Crippen LogP contribution < -0.4 is 9.47 Å². The van der Waals surface area contributed by atoms with Crippen LogP contribution in [0, 0.1) is 0 Å². The Bertz CT molecular complexity index is 1030. The van der Waals surface area contributed by atoms with E-state index in [0.717, 1.165) is 27.8 Å². The molecule has 4 aromatic rings. The summed E-state index contributed by atoms with van der Waals surface area (Å²) in [6.07, 6.45) is 0. The maximum atomic E-state index is 6.08. The van der Waals surface area contributed by atoms with Gasteiger partial charge >= 0.3 is 0 Å². The molecule has 0 unspecified atom stereocenters. The molecule has 1 aromatic heterocycles. The van der Waals surface area contributed by atoms with Crippen LogP contribution in [-0.4, -0.2) is 17.1 Å². The van der Waals surface area contributed by atoms with Crippen molar-refractivity contribution in [2.45, 2.75) is 6.61 Å². The molecule has 0 aliphatic rings. The molecule has 4 nitrogen and oxygen atoms in total. The molecule has 4 rings (SSSR count). The van der Waals surface area contributed by atoms with E-state index in [1.807, 2.05) is 78.9 Å². The lowest BCUT2D eigenvalue weighted by Gasteiger charge is -2.12. The van der Waals surface area contributed by atoms with Crippen molar-refractivity contribution in [3.8, 4) is 23.0 Å². The van der Waals surface area contributed by atoms with Gasteiger partial charge in [0.25, 0.3) is 0 Å². The summed E-state index contributed by atoms with van der Waals surface area (Å²) >= 11 is 0. The van der Waals surface area contributed by atoms with Gasteiger partial charge in [0.2, 0.25) is 5.88 Å². The Labute approximate surface area is 152 Å². The Balaban J connectivity index is 1.73. The van der Waals surface area contributed by atoms with E-state index in [4.69, 9.17) is 9.47 Å². The first-order valence-electron chi connectivity index (χ1n) is 8.42. The molecule has 0 saturated heterocycles. The molecule has 3 aromatic carbocycles. The quantitative estimate of drug-likeness (QED) is 0.518. The lowest BCUT2D eigenvalue weighted by Crippen LogP contribution is -2.02. The van der Waals surface area contributed by atoms with Crippen LogP contribution >= 0.6 is 0 Å². The number of ether oxygens (including phenoxy) is 2. The van der Waals surface area contributed by atoms with E-state index >= 15 is 0 Å². The van der Waals surface area contributed by atoms with Crippen LogP contribution in [0.5, 0.6) is 11.6 Å². The number of rotatable bonds is 5. The fourth-order valence-corrected chi connectivity index (χ4v) is 2.84. The van der Waals surface area contributed by atoms with Gasteiger partial charge in [-0.25, -0.2) is 4.98 Å². The molecule has 4 heteroatoms. The molecule has 0 bridgehead atoms. The predicted octanol–water partition coefficient (Wildman–Crippen LogP) is 4.88. The minimum absolute atomic E-state index is 0.374. The Hall–Kier alpha value is -3.40. The van der Waals surface area contributed by atoms with E-state index in [-0.39, 0.29) is 0 Å². The van der Waals surface area contributed by atoms with Crippen LogP contribution in [-0.2, 0) is 6.61 Å². The second kappa shape index (κ2) is 7.23. The van der Waals surface area contributed by atoms with Gasteiger partial charge in [0.05, 0.1) is 18.0 Å². The number of hydrogen-bond acceptors (Lipinski definition) is 4. The number of benzene rings is 3. The van der Waals surface area contributed by atoms with Crippen LogP contribution in [0.25, 0.3) is 22.3 Å². The second-order valence-electron chi connectivity index (χ2n) is 5.84. The van der Waals surface area contributed by atoms with E-state index in [0.29, 0.717) is 18.3 Å². The fourth-order valence-electron chi connectivity index (χ4n) is 2.84. The zero-order valence-corrected chi connectivity index (χ0v) is 14.4. The molecule has 0 fully saturated rings. The highest BCUT2D eigenvalue weighted by Gasteiger charge is 2.11. The van der Waals surface area contributed by atoms with Crippen LogP contribution in [0.15, 0.2) is 78.9 Å². The van der Waals surface area contributed by atoms with Gasteiger partial charge in [0.15, 0.2) is 5.82 Å². The Morgan fingerprint density at radius 3 is 2.35 bits per heavy atom. The summed E-state index contributed by atoms with van der Waals surface area (Å²) in [4.78, 5) is 9.35. The maximum absolute atomic E-state index is 6.08. The van der Waals surface area contributed by atoms with Gasteiger partial charge in [0.1, 0.15) is 12.4 Å². The van der Waals surface area contributed by atoms with Crippen molar-refractivity contribution in [3.63, 3.8) is 0 Å². The van der Waals surface area contributed by atoms with Crippen molar-refractivity contribution in [2.24, 2.45) is 0 Å². The summed E-state index contributed by atoms with van der Waals surface area (Å²) in [5.74, 6) is 2.02. The van der Waals surface area contributed by atoms with Crippen molar-refractivity contribution in [1.82, 2.24) is 9.97 Å². The third-order valence-corrected chi connectivity index (χ3v) is 4.16. The van der Waals surface area contributed by atoms with Crippen molar-refractivity contribution in [3.05, 3.63) is 84.4 Å². The smallest absolute Gasteiger partial charge is 0.225 e. The molecule has 0 atom stereocenters. The zero-order valence-electron chi connectivity index (χ0n) is 14.4. The van der Waals surface area contributed by atoms with E-state index in [1.165, 1.54) is 0 Å². The summed E-state index contributed by atoms with van der Waals surface area (Å²) in [5, 5.41) is 0.891. The van der Waals surface area contributed by atoms with Crippen molar-refractivity contribution in [2.75, 3.05) is 7.11 Å². The minimum Gasteiger partial charge on any atom is -0.496 e. The first-order chi connectivity index (χ1) is 12.8. The number of aromatic nitrogens is 2. The number of nitrogens with zero attached hydrogens (tertiary/aromatic N) is 2. The van der Waals surface area contributed by atoms with E-state index in [2.05, 4.69) is 9.97 Å². The lowest BCUT2D eigenvalue weighted by atomic mass is 10.2. The summed E-state index contributed by atoms with van der Waals surface area (Å²) in [7, 11) is 1.66. The van der Waals surface area contributed by atoms with Gasteiger partial charge in [-0.1, -0.05) is 60.7 Å². The Morgan fingerprint density at radius 2 is 1.50 bits per heavy atom. The summed E-state index contributed by atoms with van der Waals surface area (Å²) in [6, 6.07) is 25.6. The highest BCUT2D eigenvalue weighted by molar-refractivity contribution is 5.85. The molecule has 26 heavy (non-hydrogen) atoms. The summed E-state index contributed by atoms with van der Waals surface area (Å²) < 4.78 is 11.5. The number of methoxy groups -OCH3 is 1. The number of fused-ring (bicyclic) bond motifs is 1. The van der Waals surface area contributed by atoms with Crippen LogP contribution in [0.2, 0.25) is 0 Å². The molecular weight excluding hydrogens is 324 g/mol. The highest BCUT2D eigenvalue weighted by atomic mass is 16.5. The first kappa shape index (κ1) is 16.1. The Kier molecular flexibility index (Phi) is 4.48. The summed E-state index contributed by atoms with van der Waals surface area (Å²) in [6.45, 7) is 0.374. The zero-order chi connectivity index (χ0) is 17.8. The summed E-state index contributed by atoms with van der Waals surface area (Å²) in [5.41, 5.74) is 2.79. The molecule has 0 radical (unpaired) electrons. The van der Waals surface area contributed by atoms with Crippen LogP contribution in [0.4, 0.5) is 0 Å².